The number of aromatic nitrogens is 4. The molecule has 0 saturated heterocycles. The molecule has 0 fully saturated rings. The van der Waals surface area contributed by atoms with Gasteiger partial charge in [-0.15, -0.1) is 5.10 Å². The summed E-state index contributed by atoms with van der Waals surface area (Å²) < 4.78 is 1.75. The molecule has 1 aromatic heterocycles. The molecule has 0 atom stereocenters. The van der Waals surface area contributed by atoms with Gasteiger partial charge in [-0.2, -0.15) is 4.68 Å². The number of nitrogens with zero attached hydrogens (tertiary/aromatic N) is 4. The van der Waals surface area contributed by atoms with Crippen molar-refractivity contribution in [1.29, 1.82) is 0 Å². The second-order valence-corrected chi connectivity index (χ2v) is 5.67. The fourth-order valence-electron chi connectivity index (χ4n) is 2.07. The monoisotopic (exact) mass is 282 g/mol. The molecule has 5 heteroatoms. The van der Waals surface area contributed by atoms with Crippen molar-refractivity contribution in [3.05, 3.63) is 59.7 Å². The molecule has 0 N–H and O–H groups in total. The van der Waals surface area contributed by atoms with Crippen molar-refractivity contribution in [3.8, 4) is 5.69 Å². The van der Waals surface area contributed by atoms with Crippen molar-refractivity contribution >= 4 is 11.8 Å². The number of para-hydroxylation sites is 1. The highest BCUT2D eigenvalue weighted by Gasteiger charge is 2.10. The molecule has 0 aliphatic carbocycles. The number of tetrazole rings is 1. The van der Waals surface area contributed by atoms with E-state index in [1.165, 1.54) is 11.1 Å². The van der Waals surface area contributed by atoms with E-state index in [2.05, 4.69) is 47.6 Å². The summed E-state index contributed by atoms with van der Waals surface area (Å²) in [6.07, 6.45) is 0. The van der Waals surface area contributed by atoms with Crippen LogP contribution in [0.3, 0.4) is 0 Å². The average molecular weight is 282 g/mol. The third kappa shape index (κ3) is 2.72. The van der Waals surface area contributed by atoms with E-state index in [9.17, 15) is 0 Å². The molecular weight excluding hydrogens is 268 g/mol. The predicted octanol–water partition coefficient (Wildman–Crippen LogP) is 3.43. The Hall–Kier alpha value is -2.14. The minimum Gasteiger partial charge on any atom is -0.187 e. The van der Waals surface area contributed by atoms with E-state index in [0.29, 0.717) is 0 Å². The minimum absolute atomic E-state index is 0.765. The molecule has 0 amide bonds. The van der Waals surface area contributed by atoms with Gasteiger partial charge in [0.25, 0.3) is 0 Å². The number of benzene rings is 2. The maximum absolute atomic E-state index is 4.11. The lowest BCUT2D eigenvalue weighted by Gasteiger charge is -2.05. The van der Waals surface area contributed by atoms with Crippen molar-refractivity contribution in [2.75, 3.05) is 0 Å². The number of rotatable bonds is 3. The summed E-state index contributed by atoms with van der Waals surface area (Å²) in [7, 11) is 0. The minimum atomic E-state index is 0.765. The molecule has 1 heterocycles. The van der Waals surface area contributed by atoms with Gasteiger partial charge in [-0.05, 0) is 71.4 Å². The zero-order valence-electron chi connectivity index (χ0n) is 11.3. The summed E-state index contributed by atoms with van der Waals surface area (Å²) in [5, 5.41) is 12.7. The van der Waals surface area contributed by atoms with Crippen LogP contribution < -0.4 is 0 Å². The molecule has 0 bridgehead atoms. The van der Waals surface area contributed by atoms with E-state index in [1.54, 1.807) is 16.4 Å². The van der Waals surface area contributed by atoms with Gasteiger partial charge >= 0.3 is 0 Å². The van der Waals surface area contributed by atoms with Gasteiger partial charge in [-0.25, -0.2) is 0 Å². The first-order valence-corrected chi connectivity index (χ1v) is 7.14. The summed E-state index contributed by atoms with van der Waals surface area (Å²) in [6.45, 7) is 4.19. The van der Waals surface area contributed by atoms with E-state index in [-0.39, 0.29) is 0 Å². The fraction of sp³-hybridized carbons (Fsp3) is 0.133. The summed E-state index contributed by atoms with van der Waals surface area (Å²) in [4.78, 5) is 1.15. The van der Waals surface area contributed by atoms with Crippen LogP contribution in [0.4, 0.5) is 0 Å². The van der Waals surface area contributed by atoms with Gasteiger partial charge in [0.05, 0.1) is 5.69 Å². The second-order valence-electron chi connectivity index (χ2n) is 4.63. The Kier molecular flexibility index (Phi) is 3.52. The SMILES string of the molecule is Cc1cc(C)cc(Sc2nnnn2-c2ccccc2)c1. The van der Waals surface area contributed by atoms with E-state index >= 15 is 0 Å². The van der Waals surface area contributed by atoms with Crippen molar-refractivity contribution in [3.63, 3.8) is 0 Å². The first kappa shape index (κ1) is 12.9. The topological polar surface area (TPSA) is 43.6 Å². The molecule has 100 valence electrons. The van der Waals surface area contributed by atoms with Crippen LogP contribution in [0.1, 0.15) is 11.1 Å². The summed E-state index contributed by atoms with van der Waals surface area (Å²) in [5.41, 5.74) is 3.45. The Bertz CT molecular complexity index is 701. The van der Waals surface area contributed by atoms with Crippen LogP contribution in [0, 0.1) is 13.8 Å². The highest BCUT2D eigenvalue weighted by molar-refractivity contribution is 7.99. The van der Waals surface area contributed by atoms with Crippen molar-refractivity contribution in [2.24, 2.45) is 0 Å². The van der Waals surface area contributed by atoms with Crippen LogP contribution >= 0.6 is 11.8 Å². The second kappa shape index (κ2) is 5.46. The zero-order chi connectivity index (χ0) is 13.9. The molecule has 0 aliphatic heterocycles. The van der Waals surface area contributed by atoms with Crippen LogP contribution in [0.25, 0.3) is 5.69 Å². The van der Waals surface area contributed by atoms with E-state index in [0.717, 1.165) is 15.7 Å². The number of hydrogen-bond acceptors (Lipinski definition) is 4. The summed E-state index contributed by atoms with van der Waals surface area (Å²) >= 11 is 1.57. The molecule has 3 aromatic rings. The van der Waals surface area contributed by atoms with Gasteiger partial charge in [0.1, 0.15) is 0 Å². The van der Waals surface area contributed by atoms with Gasteiger partial charge in [0, 0.05) is 4.90 Å². The summed E-state index contributed by atoms with van der Waals surface area (Å²) in [6, 6.07) is 16.3. The molecule has 3 rings (SSSR count). The molecule has 2 aromatic carbocycles. The quantitative estimate of drug-likeness (QED) is 0.738. The normalized spacial score (nSPS) is 10.7. The van der Waals surface area contributed by atoms with Gasteiger partial charge < -0.3 is 0 Å². The predicted molar refractivity (Wildman–Crippen MR) is 79.2 cm³/mol. The molecule has 0 aliphatic rings. The first-order valence-electron chi connectivity index (χ1n) is 6.32. The fourth-order valence-corrected chi connectivity index (χ4v) is 3.08. The van der Waals surface area contributed by atoms with E-state index in [4.69, 9.17) is 0 Å². The molecule has 4 nitrogen and oxygen atoms in total. The Balaban J connectivity index is 1.94. The van der Waals surface area contributed by atoms with Gasteiger partial charge in [0.2, 0.25) is 5.16 Å². The first-order chi connectivity index (χ1) is 9.72. The highest BCUT2D eigenvalue weighted by atomic mass is 32.2. The highest BCUT2D eigenvalue weighted by Crippen LogP contribution is 2.28. The maximum Gasteiger partial charge on any atom is 0.218 e. The molecule has 0 radical (unpaired) electrons. The third-order valence-corrected chi connectivity index (χ3v) is 3.75. The van der Waals surface area contributed by atoms with Crippen LogP contribution in [0.2, 0.25) is 0 Å². The standard InChI is InChI=1S/C15H14N4S/c1-11-8-12(2)10-14(9-11)20-15-16-17-18-19(15)13-6-4-3-5-7-13/h3-10H,1-2H3. The van der Waals surface area contributed by atoms with E-state index in [1.807, 2.05) is 30.3 Å². The number of aryl methyl sites for hydroxylation is 2. The van der Waals surface area contributed by atoms with Crippen LogP contribution in [0.5, 0.6) is 0 Å². The van der Waals surface area contributed by atoms with Crippen molar-refractivity contribution in [1.82, 2.24) is 20.2 Å². The lowest BCUT2D eigenvalue weighted by molar-refractivity contribution is 0.756. The lowest BCUT2D eigenvalue weighted by atomic mass is 10.2. The molecular formula is C15H14N4S. The van der Waals surface area contributed by atoms with Gasteiger partial charge in [-0.3, -0.25) is 0 Å². The zero-order valence-corrected chi connectivity index (χ0v) is 12.1. The largest absolute Gasteiger partial charge is 0.218 e. The van der Waals surface area contributed by atoms with Crippen LogP contribution in [-0.2, 0) is 0 Å². The molecule has 20 heavy (non-hydrogen) atoms. The Morgan fingerprint density at radius 2 is 1.65 bits per heavy atom. The Morgan fingerprint density at radius 1 is 0.950 bits per heavy atom. The van der Waals surface area contributed by atoms with E-state index < -0.39 is 0 Å². The van der Waals surface area contributed by atoms with Crippen molar-refractivity contribution in [2.45, 2.75) is 23.9 Å². The Morgan fingerprint density at radius 3 is 2.35 bits per heavy atom. The van der Waals surface area contributed by atoms with Crippen molar-refractivity contribution < 1.29 is 0 Å². The van der Waals surface area contributed by atoms with Crippen LogP contribution in [-0.4, -0.2) is 20.2 Å². The smallest absolute Gasteiger partial charge is 0.187 e. The summed E-state index contributed by atoms with van der Waals surface area (Å²) in [5.74, 6) is 0. The molecule has 0 saturated carbocycles. The Labute approximate surface area is 121 Å². The third-order valence-electron chi connectivity index (χ3n) is 2.85. The molecule has 0 spiro atoms. The maximum atomic E-state index is 4.11. The van der Waals surface area contributed by atoms with Gasteiger partial charge in [0.15, 0.2) is 0 Å². The lowest BCUT2D eigenvalue weighted by Crippen LogP contribution is -1.98. The average Bonchev–Trinajstić information content (AvgIpc) is 2.86. The molecule has 0 unspecified atom stereocenters. The van der Waals surface area contributed by atoms with Gasteiger partial charge in [-0.1, -0.05) is 24.3 Å². The van der Waals surface area contributed by atoms with Crippen LogP contribution in [0.15, 0.2) is 58.6 Å². The number of hydrogen-bond donors (Lipinski definition) is 0.